The van der Waals surface area contributed by atoms with Crippen molar-refractivity contribution in [1.82, 2.24) is 5.32 Å². The lowest BCUT2D eigenvalue weighted by molar-refractivity contribution is -0.118. The van der Waals surface area contributed by atoms with Gasteiger partial charge in [0.1, 0.15) is 5.75 Å². The summed E-state index contributed by atoms with van der Waals surface area (Å²) >= 11 is 2.07. The van der Waals surface area contributed by atoms with Crippen LogP contribution in [0.15, 0.2) is 18.2 Å². The van der Waals surface area contributed by atoms with Crippen LogP contribution >= 0.6 is 22.6 Å². The fraction of sp³-hybridized carbons (Fsp3) is 0.682. The summed E-state index contributed by atoms with van der Waals surface area (Å²) in [6, 6.07) is 5.92. The average molecular weight is 483 g/mol. The Morgan fingerprint density at radius 3 is 2.89 bits per heavy atom. The molecule has 4 unspecified atom stereocenters. The van der Waals surface area contributed by atoms with E-state index in [-0.39, 0.29) is 5.91 Å². The molecule has 27 heavy (non-hydrogen) atoms. The van der Waals surface area contributed by atoms with E-state index in [1.807, 2.05) is 12.1 Å². The van der Waals surface area contributed by atoms with Crippen molar-refractivity contribution in [3.8, 4) is 5.75 Å². The molecule has 2 saturated carbocycles. The lowest BCUT2D eigenvalue weighted by Gasteiger charge is -2.47. The van der Waals surface area contributed by atoms with Gasteiger partial charge < -0.3 is 15.5 Å². The van der Waals surface area contributed by atoms with E-state index in [9.17, 15) is 15.0 Å². The second-order valence-corrected chi connectivity index (χ2v) is 9.53. The van der Waals surface area contributed by atoms with Gasteiger partial charge in [-0.3, -0.25) is 4.79 Å². The van der Waals surface area contributed by atoms with Gasteiger partial charge in [0.15, 0.2) is 0 Å². The third kappa shape index (κ3) is 3.74. The van der Waals surface area contributed by atoms with Gasteiger partial charge in [0.2, 0.25) is 5.91 Å². The van der Waals surface area contributed by atoms with E-state index in [0.717, 1.165) is 44.9 Å². The molecular weight excluding hydrogens is 453 g/mol. The van der Waals surface area contributed by atoms with Crippen LogP contribution < -0.4 is 5.32 Å². The molecule has 3 aliphatic carbocycles. The third-order valence-corrected chi connectivity index (χ3v) is 8.17. The van der Waals surface area contributed by atoms with E-state index in [1.165, 1.54) is 17.5 Å². The van der Waals surface area contributed by atoms with E-state index < -0.39 is 5.60 Å². The number of aryl methyl sites for hydroxylation is 1. The molecule has 0 heterocycles. The Bertz CT molecular complexity index is 709. The van der Waals surface area contributed by atoms with E-state index in [4.69, 9.17) is 0 Å². The fourth-order valence-corrected chi connectivity index (χ4v) is 6.61. The molecule has 0 spiro atoms. The van der Waals surface area contributed by atoms with Gasteiger partial charge in [-0.1, -0.05) is 28.7 Å². The Kier molecular flexibility index (Phi) is 5.70. The van der Waals surface area contributed by atoms with Crippen LogP contribution in [0, 0.1) is 17.8 Å². The fourth-order valence-electron chi connectivity index (χ4n) is 6.34. The number of halogens is 1. The maximum absolute atomic E-state index is 11.4. The van der Waals surface area contributed by atoms with Crippen molar-refractivity contribution in [3.63, 3.8) is 0 Å². The standard InChI is InChI=1S/C22H30INO3/c23-13-21(26)24-11-1-9-22(27)10-8-19-18-4-2-14-12-15(25)3-5-16(14)17(18)6-7-20(19)22/h3,5,12,17-20,25,27H,1-2,4,6-11,13H2,(H,24,26)/t17?,18?,19?,20?,22-/m0/s1. The summed E-state index contributed by atoms with van der Waals surface area (Å²) in [7, 11) is 0. The lowest BCUT2D eigenvalue weighted by atomic mass is 9.59. The number of rotatable bonds is 5. The first-order valence-corrected chi connectivity index (χ1v) is 11.9. The Hall–Kier alpha value is -0.820. The van der Waals surface area contributed by atoms with E-state index in [0.29, 0.717) is 40.4 Å². The number of carbonyl (C=O) groups is 1. The van der Waals surface area contributed by atoms with Gasteiger partial charge in [0.05, 0.1) is 10.0 Å². The number of hydrogen-bond donors (Lipinski definition) is 3. The molecule has 1 amide bonds. The maximum atomic E-state index is 11.4. The average Bonchev–Trinajstić information content (AvgIpc) is 3.01. The molecule has 4 nitrogen and oxygen atoms in total. The Labute approximate surface area is 175 Å². The van der Waals surface area contributed by atoms with Crippen LogP contribution in [0.3, 0.4) is 0 Å². The van der Waals surface area contributed by atoms with Crippen molar-refractivity contribution >= 4 is 28.5 Å². The quantitative estimate of drug-likeness (QED) is 0.338. The smallest absolute Gasteiger partial charge is 0.229 e. The summed E-state index contributed by atoms with van der Waals surface area (Å²) in [5.74, 6) is 2.77. The molecule has 5 atom stereocenters. The number of carbonyl (C=O) groups excluding carboxylic acids is 1. The number of fused-ring (bicyclic) bond motifs is 5. The highest BCUT2D eigenvalue weighted by atomic mass is 127. The van der Waals surface area contributed by atoms with Crippen LogP contribution in [0.5, 0.6) is 5.75 Å². The Morgan fingerprint density at radius 1 is 1.22 bits per heavy atom. The highest BCUT2D eigenvalue weighted by molar-refractivity contribution is 14.1. The summed E-state index contributed by atoms with van der Waals surface area (Å²) in [4.78, 5) is 11.4. The van der Waals surface area contributed by atoms with Crippen LogP contribution in [0.2, 0.25) is 0 Å². The number of hydrogen-bond acceptors (Lipinski definition) is 3. The number of nitrogens with one attached hydrogen (secondary N) is 1. The van der Waals surface area contributed by atoms with Gasteiger partial charge in [0.25, 0.3) is 0 Å². The SMILES string of the molecule is O=C(CI)NCCC[C@]1(O)CCC2C3CCc4cc(O)ccc4C3CCC21. The molecule has 0 saturated heterocycles. The number of alkyl halides is 1. The van der Waals surface area contributed by atoms with Gasteiger partial charge in [-0.05, 0) is 98.3 Å². The Balaban J connectivity index is 1.42. The first-order valence-electron chi connectivity index (χ1n) is 10.4. The van der Waals surface area contributed by atoms with Crippen molar-refractivity contribution < 1.29 is 15.0 Å². The number of phenols is 1. The predicted octanol–water partition coefficient (Wildman–Crippen LogP) is 3.92. The van der Waals surface area contributed by atoms with E-state index >= 15 is 0 Å². The molecule has 1 aromatic carbocycles. The second-order valence-electron chi connectivity index (χ2n) is 8.77. The highest BCUT2D eigenvalue weighted by Gasteiger charge is 2.53. The molecule has 148 valence electrons. The zero-order chi connectivity index (χ0) is 19.0. The summed E-state index contributed by atoms with van der Waals surface area (Å²) in [5.41, 5.74) is 2.23. The monoisotopic (exact) mass is 483 g/mol. The molecule has 0 bridgehead atoms. The number of aliphatic hydroxyl groups is 1. The van der Waals surface area contributed by atoms with Crippen LogP contribution in [-0.2, 0) is 11.2 Å². The minimum absolute atomic E-state index is 0.0827. The molecule has 3 aliphatic rings. The number of amides is 1. The summed E-state index contributed by atoms with van der Waals surface area (Å²) in [5, 5.41) is 24.1. The molecule has 0 radical (unpaired) electrons. The first-order chi connectivity index (χ1) is 13.0. The molecule has 2 fully saturated rings. The van der Waals surface area contributed by atoms with Crippen LogP contribution in [0.1, 0.15) is 62.0 Å². The van der Waals surface area contributed by atoms with Gasteiger partial charge in [-0.15, -0.1) is 0 Å². The maximum Gasteiger partial charge on any atom is 0.229 e. The predicted molar refractivity (Wildman–Crippen MR) is 114 cm³/mol. The molecule has 3 N–H and O–H groups in total. The zero-order valence-electron chi connectivity index (χ0n) is 15.8. The molecule has 0 aromatic heterocycles. The first kappa shape index (κ1) is 19.5. The van der Waals surface area contributed by atoms with Crippen LogP contribution in [0.25, 0.3) is 0 Å². The van der Waals surface area contributed by atoms with Gasteiger partial charge >= 0.3 is 0 Å². The van der Waals surface area contributed by atoms with Gasteiger partial charge in [0, 0.05) is 6.54 Å². The van der Waals surface area contributed by atoms with Crippen LogP contribution in [-0.4, -0.2) is 32.7 Å². The van der Waals surface area contributed by atoms with Crippen molar-refractivity contribution in [2.45, 2.75) is 62.9 Å². The highest BCUT2D eigenvalue weighted by Crippen LogP contribution is 2.58. The second kappa shape index (κ2) is 7.90. The largest absolute Gasteiger partial charge is 0.508 e. The third-order valence-electron chi connectivity index (χ3n) is 7.48. The molecule has 1 aromatic rings. The Morgan fingerprint density at radius 2 is 2.07 bits per heavy atom. The number of benzene rings is 1. The summed E-state index contributed by atoms with van der Waals surface area (Å²) in [6.45, 7) is 0.671. The van der Waals surface area contributed by atoms with Crippen molar-refractivity contribution in [1.29, 1.82) is 0 Å². The lowest BCUT2D eigenvalue weighted by Crippen LogP contribution is -2.43. The van der Waals surface area contributed by atoms with Gasteiger partial charge in [-0.2, -0.15) is 0 Å². The number of aromatic hydroxyl groups is 1. The summed E-state index contributed by atoms with van der Waals surface area (Å²) < 4.78 is 0.495. The molecular formula is C22H30INO3. The van der Waals surface area contributed by atoms with E-state index in [1.54, 1.807) is 0 Å². The minimum Gasteiger partial charge on any atom is -0.508 e. The van der Waals surface area contributed by atoms with E-state index in [2.05, 4.69) is 34.0 Å². The molecule has 4 rings (SSSR count). The zero-order valence-corrected chi connectivity index (χ0v) is 18.0. The van der Waals surface area contributed by atoms with Crippen molar-refractivity contribution in [3.05, 3.63) is 29.3 Å². The molecule has 5 heteroatoms. The summed E-state index contributed by atoms with van der Waals surface area (Å²) in [6.07, 6.45) is 8.19. The van der Waals surface area contributed by atoms with Crippen molar-refractivity contribution in [2.24, 2.45) is 17.8 Å². The van der Waals surface area contributed by atoms with Crippen LogP contribution in [0.4, 0.5) is 0 Å². The normalized spacial score (nSPS) is 34.4. The molecule has 0 aliphatic heterocycles. The van der Waals surface area contributed by atoms with Gasteiger partial charge in [-0.25, -0.2) is 0 Å². The van der Waals surface area contributed by atoms with Crippen molar-refractivity contribution in [2.75, 3.05) is 11.0 Å². The topological polar surface area (TPSA) is 69.6 Å². The minimum atomic E-state index is -0.542. The number of phenolic OH excluding ortho intramolecular Hbond substituents is 1.